The molecule has 0 aromatic heterocycles. The van der Waals surface area contributed by atoms with Crippen LogP contribution >= 0.6 is 15.9 Å². The number of benzene rings is 1. The average molecular weight is 378 g/mol. The fourth-order valence-electron chi connectivity index (χ4n) is 1.70. The van der Waals surface area contributed by atoms with Gasteiger partial charge >= 0.3 is 0 Å². The molecule has 0 fully saturated rings. The molecule has 0 radical (unpaired) electrons. The first kappa shape index (κ1) is 19.3. The minimum atomic E-state index is -0.0892. The number of carbonyl (C=O) groups is 1. The van der Waals surface area contributed by atoms with Gasteiger partial charge in [0.05, 0.1) is 0 Å². The Kier molecular flexibility index (Phi) is 7.89. The van der Waals surface area contributed by atoms with Gasteiger partial charge in [0.2, 0.25) is 0 Å². The number of halogens is 1. The van der Waals surface area contributed by atoms with Crippen LogP contribution in [0.5, 0.6) is 0 Å². The first-order valence-electron chi connectivity index (χ1n) is 7.63. The molecule has 1 aromatic rings. The van der Waals surface area contributed by atoms with Crippen LogP contribution in [0.2, 0.25) is 0 Å². The minimum absolute atomic E-state index is 0.0892. The van der Waals surface area contributed by atoms with Crippen molar-refractivity contribution >= 4 is 33.4 Å². The van der Waals surface area contributed by atoms with E-state index < -0.39 is 0 Å². The zero-order valence-electron chi connectivity index (χ0n) is 14.4. The number of amides is 1. The van der Waals surface area contributed by atoms with Crippen LogP contribution in [0.15, 0.2) is 50.1 Å². The number of carbonyl (C=O) groups excluding carboxylic acids is 1. The first-order chi connectivity index (χ1) is 10.8. The molecule has 1 amide bonds. The second kappa shape index (κ2) is 9.40. The third kappa shape index (κ3) is 6.91. The van der Waals surface area contributed by atoms with Gasteiger partial charge in [-0.15, -0.1) is 5.10 Å². The van der Waals surface area contributed by atoms with Gasteiger partial charge in [-0.3, -0.25) is 4.79 Å². The summed E-state index contributed by atoms with van der Waals surface area (Å²) in [6, 6.07) is 8.39. The zero-order chi connectivity index (χ0) is 17.4. The molecule has 0 aliphatic carbocycles. The standard InChI is InChI=1S/C10H15N3O.C8H9Br/c1-6(2)8(4)10(14)11-9-5-7(3)12-13-9;1-2-7-3-5-8(9)6-4-7/h5H2,1-4H3,(H,11,13,14);3-6H,2H2,1H3. The largest absolute Gasteiger partial charge is 0.309 e. The molecule has 0 spiro atoms. The quantitative estimate of drug-likeness (QED) is 0.749. The Morgan fingerprint density at radius 3 is 2.22 bits per heavy atom. The highest BCUT2D eigenvalue weighted by molar-refractivity contribution is 9.10. The van der Waals surface area contributed by atoms with Gasteiger partial charge in [-0.05, 0) is 51.8 Å². The van der Waals surface area contributed by atoms with Gasteiger partial charge in [-0.1, -0.05) is 40.6 Å². The summed E-state index contributed by atoms with van der Waals surface area (Å²) in [5.41, 5.74) is 4.06. The molecule has 1 N–H and O–H groups in total. The summed E-state index contributed by atoms with van der Waals surface area (Å²) in [6.07, 6.45) is 1.76. The first-order valence-corrected chi connectivity index (χ1v) is 8.42. The van der Waals surface area contributed by atoms with Gasteiger partial charge in [0.25, 0.3) is 5.91 Å². The molecule has 23 heavy (non-hydrogen) atoms. The predicted molar refractivity (Wildman–Crippen MR) is 101 cm³/mol. The van der Waals surface area contributed by atoms with E-state index in [1.54, 1.807) is 6.92 Å². The van der Waals surface area contributed by atoms with Gasteiger partial charge in [0.1, 0.15) is 5.84 Å². The lowest BCUT2D eigenvalue weighted by Crippen LogP contribution is -2.31. The third-order valence-electron chi connectivity index (χ3n) is 3.43. The number of allylic oxidation sites excluding steroid dienone is 1. The smallest absolute Gasteiger partial charge is 0.252 e. The number of hydrogen-bond acceptors (Lipinski definition) is 3. The van der Waals surface area contributed by atoms with Crippen LogP contribution in [-0.2, 0) is 11.2 Å². The van der Waals surface area contributed by atoms with Gasteiger partial charge in [-0.2, -0.15) is 5.10 Å². The van der Waals surface area contributed by atoms with E-state index in [1.165, 1.54) is 5.56 Å². The van der Waals surface area contributed by atoms with Gasteiger partial charge in [-0.25, -0.2) is 0 Å². The van der Waals surface area contributed by atoms with Crippen molar-refractivity contribution in [2.45, 2.75) is 47.5 Å². The highest BCUT2D eigenvalue weighted by atomic mass is 79.9. The van der Waals surface area contributed by atoms with E-state index in [2.05, 4.69) is 62.6 Å². The van der Waals surface area contributed by atoms with Crippen molar-refractivity contribution < 1.29 is 4.79 Å². The van der Waals surface area contributed by atoms with Crippen molar-refractivity contribution in [3.63, 3.8) is 0 Å². The molecule has 1 aliphatic rings. The van der Waals surface area contributed by atoms with E-state index in [4.69, 9.17) is 0 Å². The lowest BCUT2D eigenvalue weighted by molar-refractivity contribution is -0.116. The molecule has 2 rings (SSSR count). The second-order valence-electron chi connectivity index (χ2n) is 5.62. The number of hydrogen-bond donors (Lipinski definition) is 1. The van der Waals surface area contributed by atoms with Crippen LogP contribution in [0.25, 0.3) is 0 Å². The number of aryl methyl sites for hydroxylation is 1. The molecule has 124 valence electrons. The van der Waals surface area contributed by atoms with E-state index in [-0.39, 0.29) is 5.91 Å². The molecule has 0 atom stereocenters. The summed E-state index contributed by atoms with van der Waals surface area (Å²) in [5.74, 6) is 0.543. The van der Waals surface area contributed by atoms with Crippen molar-refractivity contribution in [2.24, 2.45) is 10.2 Å². The monoisotopic (exact) mass is 377 g/mol. The van der Waals surface area contributed by atoms with E-state index >= 15 is 0 Å². The Morgan fingerprint density at radius 1 is 1.17 bits per heavy atom. The summed E-state index contributed by atoms with van der Waals surface area (Å²) in [7, 11) is 0. The number of nitrogens with one attached hydrogen (secondary N) is 1. The maximum Gasteiger partial charge on any atom is 0.252 e. The SMILES string of the molecule is CC1=NN=C(NC(=O)C(C)=C(C)C)C1.CCc1ccc(Br)cc1. The summed E-state index contributed by atoms with van der Waals surface area (Å²) in [4.78, 5) is 11.5. The van der Waals surface area contributed by atoms with Gasteiger partial charge in [0.15, 0.2) is 0 Å². The van der Waals surface area contributed by atoms with Crippen molar-refractivity contribution in [2.75, 3.05) is 0 Å². The molecule has 0 unspecified atom stereocenters. The highest BCUT2D eigenvalue weighted by Crippen LogP contribution is 2.10. The number of rotatable bonds is 2. The van der Waals surface area contributed by atoms with Crippen molar-refractivity contribution in [1.82, 2.24) is 5.32 Å². The molecule has 1 aliphatic heterocycles. The Labute approximate surface area is 146 Å². The molecule has 0 bridgehead atoms. The normalized spacial score (nSPS) is 12.6. The summed E-state index contributed by atoms with van der Waals surface area (Å²) in [6.45, 7) is 9.66. The van der Waals surface area contributed by atoms with Crippen molar-refractivity contribution in [3.05, 3.63) is 45.4 Å². The van der Waals surface area contributed by atoms with Crippen LogP contribution in [-0.4, -0.2) is 17.5 Å². The minimum Gasteiger partial charge on any atom is -0.309 e. The predicted octanol–water partition coefficient (Wildman–Crippen LogP) is 4.65. The Balaban J connectivity index is 0.000000253. The summed E-state index contributed by atoms with van der Waals surface area (Å²) in [5, 5.41) is 10.4. The fourth-order valence-corrected chi connectivity index (χ4v) is 1.96. The molecule has 4 nitrogen and oxygen atoms in total. The second-order valence-corrected chi connectivity index (χ2v) is 6.53. The molecular weight excluding hydrogens is 354 g/mol. The highest BCUT2D eigenvalue weighted by Gasteiger charge is 2.13. The average Bonchev–Trinajstić information content (AvgIpc) is 2.92. The fraction of sp³-hybridized carbons (Fsp3) is 0.389. The third-order valence-corrected chi connectivity index (χ3v) is 3.96. The summed E-state index contributed by atoms with van der Waals surface area (Å²) >= 11 is 3.37. The van der Waals surface area contributed by atoms with Gasteiger partial charge in [0, 0.05) is 22.2 Å². The topological polar surface area (TPSA) is 53.8 Å². The van der Waals surface area contributed by atoms with Crippen molar-refractivity contribution in [1.29, 1.82) is 0 Å². The lowest BCUT2D eigenvalue weighted by Gasteiger charge is -2.05. The Morgan fingerprint density at radius 2 is 1.78 bits per heavy atom. The Hall–Kier alpha value is -1.75. The Bertz CT molecular complexity index is 639. The maximum absolute atomic E-state index is 11.5. The zero-order valence-corrected chi connectivity index (χ0v) is 16.0. The molecule has 0 saturated heterocycles. The van der Waals surface area contributed by atoms with Crippen LogP contribution in [0, 0.1) is 0 Å². The molecule has 1 heterocycles. The van der Waals surface area contributed by atoms with Crippen LogP contribution < -0.4 is 5.32 Å². The van der Waals surface area contributed by atoms with Crippen LogP contribution in [0.4, 0.5) is 0 Å². The van der Waals surface area contributed by atoms with E-state index in [0.717, 1.165) is 27.8 Å². The number of amidine groups is 1. The van der Waals surface area contributed by atoms with Crippen LogP contribution in [0.3, 0.4) is 0 Å². The molecule has 0 saturated carbocycles. The molecule has 5 heteroatoms. The van der Waals surface area contributed by atoms with E-state index in [1.807, 2.05) is 20.8 Å². The number of nitrogens with zero attached hydrogens (tertiary/aromatic N) is 2. The van der Waals surface area contributed by atoms with E-state index in [0.29, 0.717) is 12.3 Å². The van der Waals surface area contributed by atoms with E-state index in [9.17, 15) is 4.79 Å². The molecular formula is C18H24BrN3O. The maximum atomic E-state index is 11.5. The summed E-state index contributed by atoms with van der Waals surface area (Å²) < 4.78 is 1.15. The van der Waals surface area contributed by atoms with Crippen LogP contribution in [0.1, 0.15) is 46.6 Å². The lowest BCUT2D eigenvalue weighted by atomic mass is 10.1. The van der Waals surface area contributed by atoms with Gasteiger partial charge < -0.3 is 5.32 Å². The van der Waals surface area contributed by atoms with Crippen molar-refractivity contribution in [3.8, 4) is 0 Å². The molecule has 1 aromatic carbocycles.